The molecule has 1 amide bonds. The first-order valence-corrected chi connectivity index (χ1v) is 8.01. The van der Waals surface area contributed by atoms with E-state index in [0.717, 1.165) is 31.2 Å². The van der Waals surface area contributed by atoms with Crippen LogP contribution in [-0.4, -0.2) is 33.8 Å². The Kier molecular flexibility index (Phi) is 5.07. The lowest BCUT2D eigenvalue weighted by molar-refractivity contribution is -0.122. The molecule has 1 saturated carbocycles. The second kappa shape index (κ2) is 7.41. The highest BCUT2D eigenvalue weighted by atomic mass is 16.5. The van der Waals surface area contributed by atoms with Crippen LogP contribution in [0.25, 0.3) is 11.4 Å². The molecule has 2 heterocycles. The highest BCUT2D eigenvalue weighted by Crippen LogP contribution is 2.24. The SMILES string of the molecule is O=C(CCc1nc(-c2ccoc2)no1)NC1CCCCC1CO. The Hall–Kier alpha value is -2.15. The molecule has 3 rings (SSSR count). The second-order valence-electron chi connectivity index (χ2n) is 5.92. The van der Waals surface area contributed by atoms with Gasteiger partial charge in [0.05, 0.1) is 11.8 Å². The van der Waals surface area contributed by atoms with E-state index in [1.807, 2.05) is 0 Å². The number of carbonyl (C=O) groups is 1. The molecule has 2 aromatic rings. The van der Waals surface area contributed by atoms with Gasteiger partial charge in [0, 0.05) is 31.4 Å². The minimum absolute atomic E-state index is 0.0431. The van der Waals surface area contributed by atoms with Crippen molar-refractivity contribution in [3.8, 4) is 11.4 Å². The van der Waals surface area contributed by atoms with Crippen LogP contribution < -0.4 is 5.32 Å². The van der Waals surface area contributed by atoms with Crippen LogP contribution in [0.2, 0.25) is 0 Å². The summed E-state index contributed by atoms with van der Waals surface area (Å²) in [6.07, 6.45) is 7.89. The number of aliphatic hydroxyl groups is 1. The minimum Gasteiger partial charge on any atom is -0.472 e. The van der Waals surface area contributed by atoms with Crippen LogP contribution in [0.1, 0.15) is 38.0 Å². The van der Waals surface area contributed by atoms with E-state index in [9.17, 15) is 9.90 Å². The molecule has 1 aliphatic carbocycles. The molecular formula is C16H21N3O4. The van der Waals surface area contributed by atoms with Gasteiger partial charge >= 0.3 is 0 Å². The molecule has 7 heteroatoms. The molecule has 2 aromatic heterocycles. The van der Waals surface area contributed by atoms with E-state index < -0.39 is 0 Å². The van der Waals surface area contributed by atoms with E-state index in [1.165, 1.54) is 0 Å². The molecule has 0 radical (unpaired) electrons. The van der Waals surface area contributed by atoms with E-state index >= 15 is 0 Å². The van der Waals surface area contributed by atoms with Gasteiger partial charge in [0.25, 0.3) is 0 Å². The summed E-state index contributed by atoms with van der Waals surface area (Å²) in [6, 6.07) is 1.82. The molecule has 2 N–H and O–H groups in total. The van der Waals surface area contributed by atoms with Crippen molar-refractivity contribution in [3.63, 3.8) is 0 Å². The molecule has 124 valence electrons. The van der Waals surface area contributed by atoms with E-state index in [-0.39, 0.29) is 24.5 Å². The van der Waals surface area contributed by atoms with E-state index in [1.54, 1.807) is 18.6 Å². The lowest BCUT2D eigenvalue weighted by Crippen LogP contribution is -2.43. The molecular weight excluding hydrogens is 298 g/mol. The predicted octanol–water partition coefficient (Wildman–Crippen LogP) is 1.93. The smallest absolute Gasteiger partial charge is 0.227 e. The van der Waals surface area contributed by atoms with Gasteiger partial charge in [-0.15, -0.1) is 0 Å². The molecule has 7 nitrogen and oxygen atoms in total. The molecule has 1 aliphatic rings. The Morgan fingerprint density at radius 1 is 1.39 bits per heavy atom. The fourth-order valence-electron chi connectivity index (χ4n) is 2.98. The van der Waals surface area contributed by atoms with Crippen LogP contribution in [-0.2, 0) is 11.2 Å². The fraction of sp³-hybridized carbons (Fsp3) is 0.562. The number of nitrogens with one attached hydrogen (secondary N) is 1. The first kappa shape index (κ1) is 15.7. The molecule has 0 spiro atoms. The van der Waals surface area contributed by atoms with E-state index in [0.29, 0.717) is 24.6 Å². The standard InChI is InChI=1S/C16H21N3O4/c20-9-11-3-1-2-4-13(11)17-14(21)5-6-15-18-16(19-23-15)12-7-8-22-10-12/h7-8,10-11,13,20H,1-6,9H2,(H,17,21). The molecule has 2 atom stereocenters. The van der Waals surface area contributed by atoms with Gasteiger partial charge in [-0.25, -0.2) is 0 Å². The fourth-order valence-corrected chi connectivity index (χ4v) is 2.98. The average Bonchev–Trinajstić information content (AvgIpc) is 3.24. The predicted molar refractivity (Wildman–Crippen MR) is 81.3 cm³/mol. The van der Waals surface area contributed by atoms with Crippen molar-refractivity contribution >= 4 is 5.91 Å². The van der Waals surface area contributed by atoms with Crippen molar-refractivity contribution in [3.05, 3.63) is 24.5 Å². The quantitative estimate of drug-likeness (QED) is 0.843. The Balaban J connectivity index is 1.49. The van der Waals surface area contributed by atoms with Gasteiger partial charge in [-0.1, -0.05) is 18.0 Å². The first-order valence-electron chi connectivity index (χ1n) is 8.01. The topological polar surface area (TPSA) is 101 Å². The summed E-state index contributed by atoms with van der Waals surface area (Å²) >= 11 is 0. The Bertz CT molecular complexity index is 623. The van der Waals surface area contributed by atoms with Crippen LogP contribution >= 0.6 is 0 Å². The third kappa shape index (κ3) is 3.98. The molecule has 0 aromatic carbocycles. The zero-order valence-electron chi connectivity index (χ0n) is 12.9. The van der Waals surface area contributed by atoms with Crippen molar-refractivity contribution in [2.24, 2.45) is 5.92 Å². The zero-order chi connectivity index (χ0) is 16.1. The van der Waals surface area contributed by atoms with Crippen LogP contribution in [0.4, 0.5) is 0 Å². The summed E-state index contributed by atoms with van der Waals surface area (Å²) < 4.78 is 10.1. The number of aliphatic hydroxyl groups excluding tert-OH is 1. The van der Waals surface area contributed by atoms with Gasteiger partial charge in [0.2, 0.25) is 17.6 Å². The number of amides is 1. The number of rotatable bonds is 6. The molecule has 2 unspecified atom stereocenters. The molecule has 0 bridgehead atoms. The maximum absolute atomic E-state index is 12.1. The van der Waals surface area contributed by atoms with Gasteiger partial charge in [-0.2, -0.15) is 4.98 Å². The highest BCUT2D eigenvalue weighted by molar-refractivity contribution is 5.76. The first-order chi connectivity index (χ1) is 11.3. The summed E-state index contributed by atoms with van der Waals surface area (Å²) in [4.78, 5) is 16.3. The van der Waals surface area contributed by atoms with E-state index in [2.05, 4.69) is 15.5 Å². The summed E-state index contributed by atoms with van der Waals surface area (Å²) in [5.74, 6) is 1.02. The van der Waals surface area contributed by atoms with Crippen LogP contribution in [0.15, 0.2) is 27.5 Å². The minimum atomic E-state index is -0.0431. The number of nitrogens with zero attached hydrogens (tertiary/aromatic N) is 2. The van der Waals surface area contributed by atoms with Crippen LogP contribution in [0.5, 0.6) is 0 Å². The Labute approximate surface area is 134 Å². The molecule has 0 aliphatic heterocycles. The summed E-state index contributed by atoms with van der Waals surface area (Å²) in [5.41, 5.74) is 0.748. The van der Waals surface area contributed by atoms with Crippen LogP contribution in [0.3, 0.4) is 0 Å². The maximum atomic E-state index is 12.1. The van der Waals surface area contributed by atoms with Crippen molar-refractivity contribution in [1.29, 1.82) is 0 Å². The van der Waals surface area contributed by atoms with Gasteiger partial charge in [-0.05, 0) is 18.9 Å². The van der Waals surface area contributed by atoms with Gasteiger partial charge < -0.3 is 19.4 Å². The largest absolute Gasteiger partial charge is 0.472 e. The van der Waals surface area contributed by atoms with E-state index in [4.69, 9.17) is 8.94 Å². The van der Waals surface area contributed by atoms with Crippen molar-refractivity contribution in [1.82, 2.24) is 15.5 Å². The molecule has 0 saturated heterocycles. The van der Waals surface area contributed by atoms with Gasteiger partial charge in [0.15, 0.2) is 0 Å². The number of hydrogen-bond acceptors (Lipinski definition) is 6. The Morgan fingerprint density at radius 2 is 2.26 bits per heavy atom. The summed E-state index contributed by atoms with van der Waals surface area (Å²) in [5, 5.41) is 16.3. The Morgan fingerprint density at radius 3 is 3.04 bits per heavy atom. The van der Waals surface area contributed by atoms with Crippen molar-refractivity contribution < 1.29 is 18.8 Å². The number of carbonyl (C=O) groups excluding carboxylic acids is 1. The number of aryl methyl sites for hydroxylation is 1. The zero-order valence-corrected chi connectivity index (χ0v) is 12.9. The van der Waals surface area contributed by atoms with Gasteiger partial charge in [0.1, 0.15) is 6.26 Å². The summed E-state index contributed by atoms with van der Waals surface area (Å²) in [6.45, 7) is 0.128. The number of furan rings is 1. The molecule has 23 heavy (non-hydrogen) atoms. The van der Waals surface area contributed by atoms with Gasteiger partial charge in [-0.3, -0.25) is 4.79 Å². The summed E-state index contributed by atoms with van der Waals surface area (Å²) in [7, 11) is 0. The average molecular weight is 319 g/mol. The monoisotopic (exact) mass is 319 g/mol. The molecule has 1 fully saturated rings. The van der Waals surface area contributed by atoms with Crippen molar-refractivity contribution in [2.75, 3.05) is 6.61 Å². The third-order valence-electron chi connectivity index (χ3n) is 4.30. The van der Waals surface area contributed by atoms with Crippen LogP contribution in [0, 0.1) is 5.92 Å². The lowest BCUT2D eigenvalue weighted by Gasteiger charge is -2.30. The van der Waals surface area contributed by atoms with Crippen molar-refractivity contribution in [2.45, 2.75) is 44.6 Å². The lowest BCUT2D eigenvalue weighted by atomic mass is 9.85. The number of aromatic nitrogens is 2. The maximum Gasteiger partial charge on any atom is 0.227 e. The number of hydrogen-bond donors (Lipinski definition) is 2. The second-order valence-corrected chi connectivity index (χ2v) is 5.92. The normalized spacial score (nSPS) is 21.3. The third-order valence-corrected chi connectivity index (χ3v) is 4.30. The highest BCUT2D eigenvalue weighted by Gasteiger charge is 2.25.